The van der Waals surface area contributed by atoms with Gasteiger partial charge in [-0.25, -0.2) is 4.68 Å². The van der Waals surface area contributed by atoms with Crippen LogP contribution < -0.4 is 0 Å². The van der Waals surface area contributed by atoms with Gasteiger partial charge in [-0.1, -0.05) is 47.7 Å². The highest BCUT2D eigenvalue weighted by Gasteiger charge is 2.29. The summed E-state index contributed by atoms with van der Waals surface area (Å²) in [5.41, 5.74) is 2.15. The molecule has 110 valence electrons. The van der Waals surface area contributed by atoms with Gasteiger partial charge < -0.3 is 4.90 Å². The number of aromatic nitrogens is 3. The number of carbonyl (C=O) groups is 1. The Morgan fingerprint density at radius 3 is 2.82 bits per heavy atom. The Morgan fingerprint density at radius 2 is 1.91 bits per heavy atom. The number of benzene rings is 2. The lowest BCUT2D eigenvalue weighted by atomic mass is 9.98. The van der Waals surface area contributed by atoms with Crippen molar-refractivity contribution in [3.63, 3.8) is 0 Å². The van der Waals surface area contributed by atoms with Gasteiger partial charge in [0, 0.05) is 0 Å². The summed E-state index contributed by atoms with van der Waals surface area (Å²) >= 11 is 0. The molecule has 0 saturated carbocycles. The van der Waals surface area contributed by atoms with Crippen LogP contribution in [0.5, 0.6) is 0 Å². The maximum absolute atomic E-state index is 12.4. The maximum Gasteiger partial charge on any atom is 0.245 e. The quantitative estimate of drug-likeness (QED) is 0.729. The lowest BCUT2D eigenvalue weighted by Gasteiger charge is -2.33. The average molecular weight is 292 g/mol. The number of hydrogen-bond donors (Lipinski definition) is 0. The van der Waals surface area contributed by atoms with Gasteiger partial charge >= 0.3 is 0 Å². The number of amides is 1. The summed E-state index contributed by atoms with van der Waals surface area (Å²) in [6.07, 6.45) is 1.73. The van der Waals surface area contributed by atoms with Gasteiger partial charge in [0.05, 0.1) is 24.5 Å². The average Bonchev–Trinajstić information content (AvgIpc) is 3.00. The molecule has 0 aliphatic carbocycles. The van der Waals surface area contributed by atoms with E-state index in [0.717, 1.165) is 5.69 Å². The Labute approximate surface area is 128 Å². The highest BCUT2D eigenvalue weighted by Crippen LogP contribution is 2.30. The van der Waals surface area contributed by atoms with Crippen molar-refractivity contribution in [2.45, 2.75) is 26.1 Å². The number of rotatable bonds is 2. The summed E-state index contributed by atoms with van der Waals surface area (Å²) in [6, 6.07) is 14.6. The summed E-state index contributed by atoms with van der Waals surface area (Å²) in [6.45, 7) is 2.90. The van der Waals surface area contributed by atoms with Crippen molar-refractivity contribution in [1.82, 2.24) is 19.9 Å². The van der Waals surface area contributed by atoms with E-state index in [0.29, 0.717) is 6.54 Å². The molecule has 0 unspecified atom stereocenters. The second-order valence-corrected chi connectivity index (χ2v) is 5.65. The summed E-state index contributed by atoms with van der Waals surface area (Å²) in [5.74, 6) is 0.0819. The van der Waals surface area contributed by atoms with E-state index in [4.69, 9.17) is 0 Å². The first kappa shape index (κ1) is 13.0. The topological polar surface area (TPSA) is 51.0 Å². The minimum absolute atomic E-state index is 0.0160. The fourth-order valence-corrected chi connectivity index (χ4v) is 3.15. The van der Waals surface area contributed by atoms with Crippen molar-refractivity contribution in [2.75, 3.05) is 0 Å². The monoisotopic (exact) mass is 292 g/mol. The number of hydrogen-bond acceptors (Lipinski definition) is 3. The fraction of sp³-hybridized carbons (Fsp3) is 0.235. The summed E-state index contributed by atoms with van der Waals surface area (Å²) in [4.78, 5) is 14.3. The molecule has 22 heavy (non-hydrogen) atoms. The molecule has 5 nitrogen and oxygen atoms in total. The Balaban J connectivity index is 1.75. The van der Waals surface area contributed by atoms with Crippen LogP contribution in [0.25, 0.3) is 10.8 Å². The normalized spacial score (nSPS) is 15.9. The summed E-state index contributed by atoms with van der Waals surface area (Å²) < 4.78 is 1.68. The van der Waals surface area contributed by atoms with Gasteiger partial charge in [-0.15, -0.1) is 5.10 Å². The van der Waals surface area contributed by atoms with Crippen LogP contribution in [0.1, 0.15) is 24.2 Å². The van der Waals surface area contributed by atoms with Gasteiger partial charge in [0.25, 0.3) is 0 Å². The van der Waals surface area contributed by atoms with Crippen molar-refractivity contribution >= 4 is 16.7 Å². The van der Waals surface area contributed by atoms with E-state index in [1.54, 1.807) is 10.9 Å². The van der Waals surface area contributed by atoms with Crippen LogP contribution in [0.4, 0.5) is 0 Å². The molecule has 1 atom stereocenters. The van der Waals surface area contributed by atoms with E-state index in [-0.39, 0.29) is 18.5 Å². The van der Waals surface area contributed by atoms with Crippen molar-refractivity contribution in [3.8, 4) is 0 Å². The van der Waals surface area contributed by atoms with E-state index in [2.05, 4.69) is 41.5 Å². The lowest BCUT2D eigenvalue weighted by Crippen LogP contribution is -2.40. The molecular formula is C17H16N4O. The van der Waals surface area contributed by atoms with E-state index < -0.39 is 0 Å². The van der Waals surface area contributed by atoms with Crippen LogP contribution in [0.3, 0.4) is 0 Å². The standard InChI is InChI=1S/C17H16N4O/c1-12(15-8-4-6-13-5-2-3-7-16(13)15)20-10-14-9-18-19-21(14)11-17(20)22/h2-9,12H,10-11H2,1H3/t12-/m0/s1. The highest BCUT2D eigenvalue weighted by molar-refractivity contribution is 5.87. The van der Waals surface area contributed by atoms with Crippen molar-refractivity contribution in [3.05, 3.63) is 59.9 Å². The predicted octanol–water partition coefficient (Wildman–Crippen LogP) is 2.53. The molecule has 1 aliphatic heterocycles. The maximum atomic E-state index is 12.4. The zero-order valence-corrected chi connectivity index (χ0v) is 12.3. The zero-order valence-electron chi connectivity index (χ0n) is 12.3. The predicted molar refractivity (Wildman–Crippen MR) is 82.9 cm³/mol. The zero-order chi connectivity index (χ0) is 15.1. The first-order chi connectivity index (χ1) is 10.7. The van der Waals surface area contributed by atoms with Crippen molar-refractivity contribution in [2.24, 2.45) is 0 Å². The number of fused-ring (bicyclic) bond motifs is 2. The molecule has 3 aromatic rings. The van der Waals surface area contributed by atoms with E-state index >= 15 is 0 Å². The molecule has 0 radical (unpaired) electrons. The first-order valence-corrected chi connectivity index (χ1v) is 7.38. The third-order valence-electron chi connectivity index (χ3n) is 4.38. The Kier molecular flexibility index (Phi) is 2.92. The molecule has 0 spiro atoms. The van der Waals surface area contributed by atoms with Crippen LogP contribution in [-0.2, 0) is 17.9 Å². The second-order valence-electron chi connectivity index (χ2n) is 5.65. The summed E-state index contributed by atoms with van der Waals surface area (Å²) in [7, 11) is 0. The molecule has 0 bridgehead atoms. The van der Waals surface area contributed by atoms with Crippen LogP contribution in [0, 0.1) is 0 Å². The van der Waals surface area contributed by atoms with Gasteiger partial charge in [0.1, 0.15) is 6.54 Å². The molecule has 1 aromatic heterocycles. The lowest BCUT2D eigenvalue weighted by molar-refractivity contribution is -0.136. The van der Waals surface area contributed by atoms with Gasteiger partial charge in [0.15, 0.2) is 0 Å². The molecule has 2 heterocycles. The van der Waals surface area contributed by atoms with Crippen molar-refractivity contribution in [1.29, 1.82) is 0 Å². The fourth-order valence-electron chi connectivity index (χ4n) is 3.15. The number of carbonyl (C=O) groups excluding carboxylic acids is 1. The molecular weight excluding hydrogens is 276 g/mol. The van der Waals surface area contributed by atoms with E-state index in [1.165, 1.54) is 16.3 Å². The molecule has 0 fully saturated rings. The third-order valence-corrected chi connectivity index (χ3v) is 4.38. The van der Waals surface area contributed by atoms with Crippen molar-refractivity contribution < 1.29 is 4.79 Å². The Hall–Kier alpha value is -2.69. The van der Waals surface area contributed by atoms with E-state index in [9.17, 15) is 4.79 Å². The smallest absolute Gasteiger partial charge is 0.245 e. The third kappa shape index (κ3) is 1.97. The highest BCUT2D eigenvalue weighted by atomic mass is 16.2. The van der Waals surface area contributed by atoms with Crippen LogP contribution in [0.2, 0.25) is 0 Å². The molecule has 4 rings (SSSR count). The van der Waals surface area contributed by atoms with Crippen LogP contribution in [-0.4, -0.2) is 25.8 Å². The minimum Gasteiger partial charge on any atom is -0.328 e. The minimum atomic E-state index is 0.0160. The molecule has 5 heteroatoms. The largest absolute Gasteiger partial charge is 0.328 e. The van der Waals surface area contributed by atoms with Gasteiger partial charge in [-0.2, -0.15) is 0 Å². The molecule has 0 saturated heterocycles. The van der Waals surface area contributed by atoms with Gasteiger partial charge in [0.2, 0.25) is 5.91 Å². The van der Waals surface area contributed by atoms with Crippen LogP contribution in [0.15, 0.2) is 48.7 Å². The Bertz CT molecular complexity index is 849. The van der Waals surface area contributed by atoms with Gasteiger partial charge in [-0.3, -0.25) is 4.79 Å². The first-order valence-electron chi connectivity index (χ1n) is 7.38. The SMILES string of the molecule is C[C@@H](c1cccc2ccccc12)N1Cc2cnnn2CC1=O. The molecule has 0 N–H and O–H groups in total. The Morgan fingerprint density at radius 1 is 1.09 bits per heavy atom. The number of nitrogens with zero attached hydrogens (tertiary/aromatic N) is 4. The molecule has 1 aliphatic rings. The summed E-state index contributed by atoms with van der Waals surface area (Å²) in [5, 5.41) is 10.2. The van der Waals surface area contributed by atoms with Crippen LogP contribution >= 0.6 is 0 Å². The van der Waals surface area contributed by atoms with E-state index in [1.807, 2.05) is 23.1 Å². The van der Waals surface area contributed by atoms with Gasteiger partial charge in [-0.05, 0) is 23.3 Å². The second kappa shape index (κ2) is 4.94. The molecule has 1 amide bonds. The molecule has 2 aromatic carbocycles.